The van der Waals surface area contributed by atoms with E-state index in [1.54, 1.807) is 12.1 Å². The van der Waals surface area contributed by atoms with Crippen molar-refractivity contribution in [1.82, 2.24) is 20.2 Å². The summed E-state index contributed by atoms with van der Waals surface area (Å²) in [5, 5.41) is 19.9. The number of nitrogens with zero attached hydrogens (tertiary/aromatic N) is 4. The summed E-state index contributed by atoms with van der Waals surface area (Å²) in [5.74, 6) is 1.35. The Morgan fingerprint density at radius 2 is 1.86 bits per heavy atom. The first-order valence-corrected chi connectivity index (χ1v) is 8.40. The first-order chi connectivity index (χ1) is 13.5. The average Bonchev–Trinajstić information content (AvgIpc) is 3.31. The highest BCUT2D eigenvalue weighted by Gasteiger charge is 2.14. The highest BCUT2D eigenvalue weighted by molar-refractivity contribution is 5.80. The quantitative estimate of drug-likeness (QED) is 0.539. The van der Waals surface area contributed by atoms with E-state index in [1.807, 2.05) is 31.2 Å². The van der Waals surface area contributed by atoms with Crippen molar-refractivity contribution < 1.29 is 13.2 Å². The summed E-state index contributed by atoms with van der Waals surface area (Å²) >= 11 is 0. The van der Waals surface area contributed by atoms with Crippen LogP contribution in [0.3, 0.4) is 0 Å². The van der Waals surface area contributed by atoms with Crippen molar-refractivity contribution in [3.63, 3.8) is 0 Å². The zero-order chi connectivity index (χ0) is 19.7. The second-order valence-corrected chi connectivity index (χ2v) is 6.11. The Morgan fingerprint density at radius 3 is 2.57 bits per heavy atom. The van der Waals surface area contributed by atoms with Crippen LogP contribution in [-0.4, -0.2) is 33.1 Å². The minimum Gasteiger partial charge on any atom is -0.416 e. The van der Waals surface area contributed by atoms with Gasteiger partial charge in [-0.15, -0.1) is 10.2 Å². The number of benzene rings is 2. The molecule has 2 heterocycles. The molecule has 0 fully saturated rings. The molecule has 4 rings (SSSR count). The maximum atomic E-state index is 12.4. The minimum absolute atomic E-state index is 0.214. The highest BCUT2D eigenvalue weighted by Crippen LogP contribution is 2.28. The molecule has 0 aliphatic rings. The molecule has 0 amide bonds. The average molecular weight is 380 g/mol. The largest absolute Gasteiger partial charge is 0.416 e. The normalized spacial score (nSPS) is 11.1. The molecule has 140 valence electrons. The Kier molecular flexibility index (Phi) is 4.45. The lowest BCUT2D eigenvalue weighted by atomic mass is 10.1. The molecule has 0 radical (unpaired) electrons. The van der Waals surface area contributed by atoms with Crippen molar-refractivity contribution in [2.45, 2.75) is 13.3 Å². The van der Waals surface area contributed by atoms with E-state index >= 15 is 0 Å². The predicted octanol–water partition coefficient (Wildman–Crippen LogP) is 4.14. The molecule has 0 aliphatic carbocycles. The van der Waals surface area contributed by atoms with E-state index in [4.69, 9.17) is 4.42 Å². The summed E-state index contributed by atoms with van der Waals surface area (Å²) in [4.78, 5) is 7.53. The number of aromatic amines is 1. The van der Waals surface area contributed by atoms with Crippen LogP contribution in [0.15, 0.2) is 40.8 Å². The third kappa shape index (κ3) is 3.40. The number of aromatic nitrogens is 4. The van der Waals surface area contributed by atoms with E-state index in [9.17, 15) is 14.0 Å². The summed E-state index contributed by atoms with van der Waals surface area (Å²) in [6.45, 7) is 1.34. The molecule has 2 aromatic carbocycles. The molecular formula is C19H14F2N6O. The van der Waals surface area contributed by atoms with Crippen LogP contribution in [0.1, 0.15) is 11.4 Å². The fraction of sp³-hybridized carbons (Fsp3) is 0.158. The van der Waals surface area contributed by atoms with Gasteiger partial charge in [0.1, 0.15) is 11.9 Å². The van der Waals surface area contributed by atoms with E-state index in [-0.39, 0.29) is 11.5 Å². The second-order valence-electron chi connectivity index (χ2n) is 6.11. The van der Waals surface area contributed by atoms with Gasteiger partial charge in [0.05, 0.1) is 28.8 Å². The fourth-order valence-electron chi connectivity index (χ4n) is 2.83. The summed E-state index contributed by atoms with van der Waals surface area (Å²) in [6, 6.07) is 12.2. The molecule has 0 spiro atoms. The van der Waals surface area contributed by atoms with Crippen molar-refractivity contribution in [3.8, 4) is 29.0 Å². The van der Waals surface area contributed by atoms with Gasteiger partial charge >= 0.3 is 0 Å². The fourth-order valence-corrected chi connectivity index (χ4v) is 2.83. The SMILES string of the molecule is Cc1nc2cc(-c3nnc(-c4ccc(NCC(F)F)c(C#N)c4)o3)ccc2[nH]1. The zero-order valence-electron chi connectivity index (χ0n) is 14.7. The zero-order valence-corrected chi connectivity index (χ0v) is 14.7. The summed E-state index contributed by atoms with van der Waals surface area (Å²) in [7, 11) is 0. The molecule has 28 heavy (non-hydrogen) atoms. The molecule has 2 aromatic heterocycles. The van der Waals surface area contributed by atoms with Crippen molar-refractivity contribution in [2.75, 3.05) is 11.9 Å². The molecule has 2 N–H and O–H groups in total. The molecule has 9 heteroatoms. The lowest BCUT2D eigenvalue weighted by molar-refractivity contribution is 0.163. The number of rotatable bonds is 5. The summed E-state index contributed by atoms with van der Waals surface area (Å²) in [5.41, 5.74) is 3.47. The molecule has 0 saturated heterocycles. The Labute approximate surface area is 158 Å². The van der Waals surface area contributed by atoms with Crippen LogP contribution in [0, 0.1) is 18.3 Å². The summed E-state index contributed by atoms with van der Waals surface area (Å²) < 4.78 is 30.5. The molecule has 4 aromatic rings. The molecule has 0 aliphatic heterocycles. The maximum absolute atomic E-state index is 12.4. The molecule has 0 unspecified atom stereocenters. The number of anilines is 1. The number of nitriles is 1. The predicted molar refractivity (Wildman–Crippen MR) is 98.8 cm³/mol. The van der Waals surface area contributed by atoms with Gasteiger partial charge < -0.3 is 14.7 Å². The third-order valence-electron chi connectivity index (χ3n) is 4.11. The van der Waals surface area contributed by atoms with Crippen LogP contribution in [0.5, 0.6) is 0 Å². The third-order valence-corrected chi connectivity index (χ3v) is 4.11. The van der Waals surface area contributed by atoms with Gasteiger partial charge in [0.2, 0.25) is 11.8 Å². The van der Waals surface area contributed by atoms with E-state index in [0.717, 1.165) is 16.9 Å². The number of aryl methyl sites for hydroxylation is 1. The first-order valence-electron chi connectivity index (χ1n) is 8.40. The standard InChI is InChI=1S/C19H14F2N6O/c1-10-24-15-5-3-12(7-16(15)25-10)19-27-26-18(28-19)11-2-4-14(13(6-11)8-22)23-9-17(20)21/h2-7,17,23H,9H2,1H3,(H,24,25). The lowest BCUT2D eigenvalue weighted by Crippen LogP contribution is -2.11. The molecule has 7 nitrogen and oxygen atoms in total. The Morgan fingerprint density at radius 1 is 1.14 bits per heavy atom. The second kappa shape index (κ2) is 7.08. The molecule has 0 saturated carbocycles. The number of fused-ring (bicyclic) bond motifs is 1. The number of nitrogens with one attached hydrogen (secondary N) is 2. The van der Waals surface area contributed by atoms with Crippen LogP contribution in [0.2, 0.25) is 0 Å². The Balaban J connectivity index is 1.63. The Hall–Kier alpha value is -3.80. The van der Waals surface area contributed by atoms with Crippen molar-refractivity contribution in [1.29, 1.82) is 5.26 Å². The monoisotopic (exact) mass is 380 g/mol. The van der Waals surface area contributed by atoms with E-state index in [0.29, 0.717) is 22.7 Å². The van der Waals surface area contributed by atoms with Gasteiger partial charge in [-0.3, -0.25) is 0 Å². The topological polar surface area (TPSA) is 103 Å². The van der Waals surface area contributed by atoms with Gasteiger partial charge in [0, 0.05) is 11.1 Å². The molecular weight excluding hydrogens is 366 g/mol. The minimum atomic E-state index is -2.51. The number of halogens is 2. The van der Waals surface area contributed by atoms with Gasteiger partial charge in [-0.05, 0) is 43.3 Å². The van der Waals surface area contributed by atoms with Gasteiger partial charge in [0.25, 0.3) is 6.43 Å². The van der Waals surface area contributed by atoms with Crippen molar-refractivity contribution >= 4 is 16.7 Å². The number of H-pyrrole nitrogens is 1. The van der Waals surface area contributed by atoms with Crippen LogP contribution < -0.4 is 5.32 Å². The number of imidazole rings is 1. The maximum Gasteiger partial charge on any atom is 0.255 e. The van der Waals surface area contributed by atoms with Crippen LogP contribution in [-0.2, 0) is 0 Å². The summed E-state index contributed by atoms with van der Waals surface area (Å²) in [6.07, 6.45) is -2.51. The van der Waals surface area contributed by atoms with Crippen LogP contribution >= 0.6 is 0 Å². The van der Waals surface area contributed by atoms with E-state index in [1.165, 1.54) is 6.07 Å². The van der Waals surface area contributed by atoms with Gasteiger partial charge in [-0.25, -0.2) is 13.8 Å². The molecule has 0 bridgehead atoms. The van der Waals surface area contributed by atoms with Gasteiger partial charge in [-0.2, -0.15) is 5.26 Å². The smallest absolute Gasteiger partial charge is 0.255 e. The van der Waals surface area contributed by atoms with E-state index in [2.05, 4.69) is 25.5 Å². The van der Waals surface area contributed by atoms with Gasteiger partial charge in [-0.1, -0.05) is 0 Å². The number of hydrogen-bond donors (Lipinski definition) is 2. The molecule has 0 atom stereocenters. The van der Waals surface area contributed by atoms with Crippen LogP contribution in [0.25, 0.3) is 33.9 Å². The number of alkyl halides is 2. The lowest BCUT2D eigenvalue weighted by Gasteiger charge is -2.08. The van der Waals surface area contributed by atoms with Crippen molar-refractivity contribution in [3.05, 3.63) is 47.8 Å². The van der Waals surface area contributed by atoms with Gasteiger partial charge in [0.15, 0.2) is 0 Å². The van der Waals surface area contributed by atoms with Crippen molar-refractivity contribution in [2.24, 2.45) is 0 Å². The highest BCUT2D eigenvalue weighted by atomic mass is 19.3. The number of hydrogen-bond acceptors (Lipinski definition) is 6. The Bertz CT molecular complexity index is 1190. The van der Waals surface area contributed by atoms with Crippen LogP contribution in [0.4, 0.5) is 14.5 Å². The first kappa shape index (κ1) is 17.6. The van der Waals surface area contributed by atoms with E-state index < -0.39 is 13.0 Å².